The molecule has 0 aliphatic carbocycles. The minimum absolute atomic E-state index is 0.232. The molecule has 1 N–H and O–H groups in total. The topological polar surface area (TPSA) is 64.4 Å². The van der Waals surface area contributed by atoms with Crippen molar-refractivity contribution in [2.45, 2.75) is 6.92 Å². The molecule has 0 atom stereocenters. The van der Waals surface area contributed by atoms with E-state index < -0.39 is 0 Å². The van der Waals surface area contributed by atoms with Crippen molar-refractivity contribution in [1.82, 2.24) is 4.98 Å². The first-order valence-corrected chi connectivity index (χ1v) is 6.14. The summed E-state index contributed by atoms with van der Waals surface area (Å²) in [6, 6.07) is 6.65. The number of carbonyl (C=O) groups is 1. The van der Waals surface area contributed by atoms with Gasteiger partial charge in [0.25, 0.3) is 5.91 Å². The fourth-order valence-electron chi connectivity index (χ4n) is 1.32. The molecule has 2 aromatic rings. The number of anilines is 1. The molecule has 6 heteroatoms. The number of ether oxygens (including phenoxy) is 1. The minimum atomic E-state index is -0.327. The monoisotopic (exact) mass is 310 g/mol. The van der Waals surface area contributed by atoms with Crippen molar-refractivity contribution in [3.63, 3.8) is 0 Å². The Hall–Kier alpha value is -1.82. The van der Waals surface area contributed by atoms with Crippen LogP contribution in [-0.2, 0) is 0 Å². The average molecular weight is 311 g/mol. The van der Waals surface area contributed by atoms with Crippen molar-refractivity contribution >= 4 is 27.5 Å². The van der Waals surface area contributed by atoms with E-state index in [0.29, 0.717) is 22.8 Å². The van der Waals surface area contributed by atoms with Crippen LogP contribution in [0.15, 0.2) is 39.5 Å². The number of pyridine rings is 1. The van der Waals surface area contributed by atoms with Gasteiger partial charge in [0.15, 0.2) is 10.4 Å². The summed E-state index contributed by atoms with van der Waals surface area (Å²) in [5.41, 5.74) is 0.580. The highest BCUT2D eigenvalue weighted by atomic mass is 79.9. The first-order chi connectivity index (χ1) is 8.69. The molecule has 2 aromatic heterocycles. The van der Waals surface area contributed by atoms with Crippen LogP contribution in [0, 0.1) is 0 Å². The SMILES string of the molecule is CCOc1ccc(NC(=O)c2ccc(Br)o2)cn1. The lowest BCUT2D eigenvalue weighted by Crippen LogP contribution is -2.11. The summed E-state index contributed by atoms with van der Waals surface area (Å²) in [5.74, 6) is 0.429. The molecule has 1 amide bonds. The van der Waals surface area contributed by atoms with Crippen molar-refractivity contribution in [1.29, 1.82) is 0 Å². The largest absolute Gasteiger partial charge is 0.478 e. The second kappa shape index (κ2) is 5.68. The zero-order valence-electron chi connectivity index (χ0n) is 9.64. The normalized spacial score (nSPS) is 10.1. The highest BCUT2D eigenvalue weighted by Gasteiger charge is 2.10. The number of furan rings is 1. The maximum Gasteiger partial charge on any atom is 0.291 e. The molecule has 0 saturated carbocycles. The van der Waals surface area contributed by atoms with E-state index >= 15 is 0 Å². The molecule has 2 rings (SSSR count). The van der Waals surface area contributed by atoms with Crippen LogP contribution in [0.1, 0.15) is 17.5 Å². The summed E-state index contributed by atoms with van der Waals surface area (Å²) in [6.07, 6.45) is 1.53. The Morgan fingerprint density at radius 3 is 2.83 bits per heavy atom. The number of amides is 1. The van der Waals surface area contributed by atoms with E-state index in [1.807, 2.05) is 6.92 Å². The van der Waals surface area contributed by atoms with Gasteiger partial charge in [-0.2, -0.15) is 0 Å². The average Bonchev–Trinajstić information content (AvgIpc) is 2.79. The summed E-state index contributed by atoms with van der Waals surface area (Å²) in [6.45, 7) is 2.44. The molecule has 18 heavy (non-hydrogen) atoms. The van der Waals surface area contributed by atoms with Crippen molar-refractivity contribution in [3.8, 4) is 5.88 Å². The zero-order chi connectivity index (χ0) is 13.0. The fourth-order valence-corrected chi connectivity index (χ4v) is 1.62. The minimum Gasteiger partial charge on any atom is -0.478 e. The van der Waals surface area contributed by atoms with Crippen LogP contribution in [0.3, 0.4) is 0 Å². The molecule has 0 fully saturated rings. The van der Waals surface area contributed by atoms with Gasteiger partial charge in [-0.05, 0) is 41.1 Å². The van der Waals surface area contributed by atoms with E-state index in [4.69, 9.17) is 9.15 Å². The van der Waals surface area contributed by atoms with Gasteiger partial charge in [-0.25, -0.2) is 4.98 Å². The van der Waals surface area contributed by atoms with Crippen LogP contribution >= 0.6 is 15.9 Å². The number of nitrogens with zero attached hydrogens (tertiary/aromatic N) is 1. The highest BCUT2D eigenvalue weighted by molar-refractivity contribution is 9.10. The second-order valence-corrected chi connectivity index (χ2v) is 4.16. The van der Waals surface area contributed by atoms with E-state index in [0.717, 1.165) is 0 Å². The van der Waals surface area contributed by atoms with Gasteiger partial charge in [0.1, 0.15) is 0 Å². The third-order valence-corrected chi connectivity index (χ3v) is 2.51. The van der Waals surface area contributed by atoms with Crippen LogP contribution in [0.25, 0.3) is 0 Å². The molecular formula is C12H11BrN2O3. The number of rotatable bonds is 4. The molecule has 94 valence electrons. The van der Waals surface area contributed by atoms with Crippen molar-refractivity contribution in [2.24, 2.45) is 0 Å². The predicted octanol–water partition coefficient (Wildman–Crippen LogP) is 3.09. The number of halogens is 1. The Bertz CT molecular complexity index is 537. The quantitative estimate of drug-likeness (QED) is 0.942. The molecule has 0 bridgehead atoms. The third kappa shape index (κ3) is 3.10. The van der Waals surface area contributed by atoms with Gasteiger partial charge in [-0.3, -0.25) is 4.79 Å². The van der Waals surface area contributed by atoms with E-state index in [1.54, 1.807) is 24.3 Å². The lowest BCUT2D eigenvalue weighted by atomic mass is 10.3. The first-order valence-electron chi connectivity index (χ1n) is 5.34. The number of hydrogen-bond acceptors (Lipinski definition) is 4. The summed E-state index contributed by atoms with van der Waals surface area (Å²) < 4.78 is 10.9. The fraction of sp³-hybridized carbons (Fsp3) is 0.167. The van der Waals surface area contributed by atoms with Crippen molar-refractivity contribution in [3.05, 3.63) is 40.9 Å². The Morgan fingerprint density at radius 2 is 2.28 bits per heavy atom. The number of hydrogen-bond donors (Lipinski definition) is 1. The summed E-state index contributed by atoms with van der Waals surface area (Å²) in [5, 5.41) is 2.67. The Kier molecular flexibility index (Phi) is 3.99. The van der Waals surface area contributed by atoms with Crippen LogP contribution in [0.4, 0.5) is 5.69 Å². The number of carbonyl (C=O) groups excluding carboxylic acids is 1. The standard InChI is InChI=1S/C12H11BrN2O3/c1-2-17-11-6-3-8(7-14-11)15-12(16)9-4-5-10(13)18-9/h3-7H,2H2,1H3,(H,15,16). The zero-order valence-corrected chi connectivity index (χ0v) is 11.2. The van der Waals surface area contributed by atoms with Gasteiger partial charge in [0.05, 0.1) is 18.5 Å². The molecule has 5 nitrogen and oxygen atoms in total. The van der Waals surface area contributed by atoms with Crippen LogP contribution in [-0.4, -0.2) is 17.5 Å². The predicted molar refractivity (Wildman–Crippen MR) is 69.8 cm³/mol. The van der Waals surface area contributed by atoms with Crippen LogP contribution < -0.4 is 10.1 Å². The summed E-state index contributed by atoms with van der Waals surface area (Å²) in [4.78, 5) is 15.8. The molecular weight excluding hydrogens is 300 g/mol. The molecule has 0 aromatic carbocycles. The van der Waals surface area contributed by atoms with Gasteiger partial charge in [-0.15, -0.1) is 0 Å². The maximum absolute atomic E-state index is 11.8. The lowest BCUT2D eigenvalue weighted by Gasteiger charge is -2.04. The van der Waals surface area contributed by atoms with Gasteiger partial charge in [0, 0.05) is 6.07 Å². The Balaban J connectivity index is 2.03. The Morgan fingerprint density at radius 1 is 1.44 bits per heavy atom. The lowest BCUT2D eigenvalue weighted by molar-refractivity contribution is 0.0995. The number of nitrogens with one attached hydrogen (secondary N) is 1. The second-order valence-electron chi connectivity index (χ2n) is 3.38. The van der Waals surface area contributed by atoms with Crippen LogP contribution in [0.5, 0.6) is 5.88 Å². The molecule has 0 radical (unpaired) electrons. The molecule has 0 aliphatic rings. The molecule has 2 heterocycles. The summed E-state index contributed by atoms with van der Waals surface area (Å²) >= 11 is 3.14. The molecule has 0 saturated heterocycles. The van der Waals surface area contributed by atoms with E-state index in [2.05, 4.69) is 26.2 Å². The van der Waals surface area contributed by atoms with Crippen molar-refractivity contribution < 1.29 is 13.9 Å². The van der Waals surface area contributed by atoms with Gasteiger partial charge >= 0.3 is 0 Å². The Labute approximate surface area is 112 Å². The maximum atomic E-state index is 11.8. The van der Waals surface area contributed by atoms with Gasteiger partial charge in [0.2, 0.25) is 5.88 Å². The molecule has 0 spiro atoms. The number of aromatic nitrogens is 1. The highest BCUT2D eigenvalue weighted by Crippen LogP contribution is 2.16. The van der Waals surface area contributed by atoms with Crippen LogP contribution in [0.2, 0.25) is 0 Å². The van der Waals surface area contributed by atoms with Gasteiger partial charge < -0.3 is 14.5 Å². The first kappa shape index (κ1) is 12.6. The third-order valence-electron chi connectivity index (χ3n) is 2.08. The summed E-state index contributed by atoms with van der Waals surface area (Å²) in [7, 11) is 0. The molecule has 0 aliphatic heterocycles. The van der Waals surface area contributed by atoms with Crippen molar-refractivity contribution in [2.75, 3.05) is 11.9 Å². The smallest absolute Gasteiger partial charge is 0.291 e. The van der Waals surface area contributed by atoms with E-state index in [9.17, 15) is 4.79 Å². The molecule has 0 unspecified atom stereocenters. The van der Waals surface area contributed by atoms with Gasteiger partial charge in [-0.1, -0.05) is 0 Å². The van der Waals surface area contributed by atoms with E-state index in [-0.39, 0.29) is 11.7 Å². The van der Waals surface area contributed by atoms with E-state index in [1.165, 1.54) is 6.20 Å².